The number of Topliss-reactive ketones (excluding diaryl/α,β-unsaturated/α-hetero) is 1. The van der Waals surface area contributed by atoms with Crippen molar-refractivity contribution in [3.05, 3.63) is 35.4 Å². The summed E-state index contributed by atoms with van der Waals surface area (Å²) in [7, 11) is 0. The van der Waals surface area contributed by atoms with Crippen LogP contribution in [-0.4, -0.2) is 34.7 Å². The Bertz CT molecular complexity index is 760. The molecule has 1 saturated carbocycles. The Morgan fingerprint density at radius 2 is 1.89 bits per heavy atom. The summed E-state index contributed by atoms with van der Waals surface area (Å²) in [6.45, 7) is 1.55. The molecule has 27 heavy (non-hydrogen) atoms. The molecule has 1 heterocycles. The van der Waals surface area contributed by atoms with Gasteiger partial charge in [-0.1, -0.05) is 31.9 Å². The summed E-state index contributed by atoms with van der Waals surface area (Å²) in [6.07, 6.45) is -1.35. The van der Waals surface area contributed by atoms with E-state index in [1.165, 1.54) is 12.1 Å². The maximum absolute atomic E-state index is 12.8. The van der Waals surface area contributed by atoms with Gasteiger partial charge in [-0.05, 0) is 36.5 Å². The molecule has 1 aromatic rings. The number of alkyl halides is 3. The Kier molecular flexibility index (Phi) is 5.01. The van der Waals surface area contributed by atoms with Crippen LogP contribution >= 0.6 is 0 Å². The van der Waals surface area contributed by atoms with E-state index < -0.39 is 29.1 Å². The zero-order valence-electron chi connectivity index (χ0n) is 14.9. The SMILES string of the molecule is CC1CCCCC12NC(=O)N(CC(=O)Cc1ccc(C(F)(F)F)cc1)C2=O. The number of benzene rings is 1. The molecule has 2 atom stereocenters. The van der Waals surface area contributed by atoms with E-state index >= 15 is 0 Å². The van der Waals surface area contributed by atoms with Crippen molar-refractivity contribution in [2.75, 3.05) is 6.54 Å². The van der Waals surface area contributed by atoms with Gasteiger partial charge in [-0.2, -0.15) is 13.2 Å². The molecule has 3 amide bonds. The van der Waals surface area contributed by atoms with Crippen LogP contribution in [0.25, 0.3) is 0 Å². The minimum absolute atomic E-state index is 0.00212. The van der Waals surface area contributed by atoms with E-state index in [1.807, 2.05) is 6.92 Å². The van der Waals surface area contributed by atoms with Crippen LogP contribution in [0.2, 0.25) is 0 Å². The Labute approximate surface area is 154 Å². The molecular formula is C19H21F3N2O3. The van der Waals surface area contributed by atoms with Gasteiger partial charge >= 0.3 is 12.2 Å². The number of ketones is 1. The highest BCUT2D eigenvalue weighted by molar-refractivity contribution is 6.09. The lowest BCUT2D eigenvalue weighted by Crippen LogP contribution is -2.54. The summed E-state index contributed by atoms with van der Waals surface area (Å²) in [4.78, 5) is 38.3. The van der Waals surface area contributed by atoms with Crippen molar-refractivity contribution in [3.63, 3.8) is 0 Å². The third-order valence-electron chi connectivity index (χ3n) is 5.52. The van der Waals surface area contributed by atoms with Crippen LogP contribution in [0.1, 0.15) is 43.7 Å². The molecule has 0 radical (unpaired) electrons. The standard InChI is InChI=1S/C19H21F3N2O3/c1-12-4-2-3-9-18(12)16(26)24(17(27)23-18)11-15(25)10-13-5-7-14(8-6-13)19(20,21)22/h5-8,12H,2-4,9-11H2,1H3,(H,23,27). The molecule has 1 aromatic carbocycles. The van der Waals surface area contributed by atoms with Crippen LogP contribution in [0.3, 0.4) is 0 Å². The van der Waals surface area contributed by atoms with Crippen molar-refractivity contribution >= 4 is 17.7 Å². The summed E-state index contributed by atoms with van der Waals surface area (Å²) < 4.78 is 37.8. The third kappa shape index (κ3) is 3.70. The number of halogens is 3. The molecule has 0 aromatic heterocycles. The molecule has 1 aliphatic heterocycles. The van der Waals surface area contributed by atoms with Crippen LogP contribution in [0, 0.1) is 5.92 Å². The number of carbonyl (C=O) groups excluding carboxylic acids is 3. The van der Waals surface area contributed by atoms with Gasteiger partial charge in [0.2, 0.25) is 0 Å². The molecule has 2 unspecified atom stereocenters. The summed E-state index contributed by atoms with van der Waals surface area (Å²) in [5.41, 5.74) is -1.31. The van der Waals surface area contributed by atoms with Crippen LogP contribution in [0.5, 0.6) is 0 Å². The number of imide groups is 1. The van der Waals surface area contributed by atoms with Crippen LogP contribution < -0.4 is 5.32 Å². The minimum Gasteiger partial charge on any atom is -0.323 e. The monoisotopic (exact) mass is 382 g/mol. The lowest BCUT2D eigenvalue weighted by Gasteiger charge is -2.36. The highest BCUT2D eigenvalue weighted by atomic mass is 19.4. The summed E-state index contributed by atoms with van der Waals surface area (Å²) in [5.74, 6) is -0.781. The van der Waals surface area contributed by atoms with Crippen molar-refractivity contribution in [1.82, 2.24) is 10.2 Å². The highest BCUT2D eigenvalue weighted by Gasteiger charge is 2.55. The first-order valence-electron chi connectivity index (χ1n) is 8.95. The molecular weight excluding hydrogens is 361 g/mol. The Balaban J connectivity index is 1.65. The quantitative estimate of drug-likeness (QED) is 0.813. The fourth-order valence-corrected chi connectivity index (χ4v) is 3.91. The van der Waals surface area contributed by atoms with E-state index in [1.54, 1.807) is 0 Å². The Morgan fingerprint density at radius 1 is 1.22 bits per heavy atom. The number of hydrogen-bond acceptors (Lipinski definition) is 3. The summed E-state index contributed by atoms with van der Waals surface area (Å²) in [5, 5.41) is 2.77. The smallest absolute Gasteiger partial charge is 0.323 e. The van der Waals surface area contributed by atoms with Gasteiger partial charge in [-0.25, -0.2) is 4.79 Å². The van der Waals surface area contributed by atoms with Crippen molar-refractivity contribution in [2.24, 2.45) is 5.92 Å². The molecule has 1 spiro atoms. The van der Waals surface area contributed by atoms with Gasteiger partial charge in [0.25, 0.3) is 5.91 Å². The van der Waals surface area contributed by atoms with E-state index in [2.05, 4.69) is 5.32 Å². The van der Waals surface area contributed by atoms with Crippen molar-refractivity contribution in [1.29, 1.82) is 0 Å². The average Bonchev–Trinajstić information content (AvgIpc) is 2.82. The van der Waals surface area contributed by atoms with Gasteiger partial charge in [0.05, 0.1) is 12.1 Å². The molecule has 5 nitrogen and oxygen atoms in total. The topological polar surface area (TPSA) is 66.5 Å². The molecule has 8 heteroatoms. The molecule has 1 saturated heterocycles. The van der Waals surface area contributed by atoms with Gasteiger partial charge in [0, 0.05) is 6.42 Å². The molecule has 2 fully saturated rings. The average molecular weight is 382 g/mol. The third-order valence-corrected chi connectivity index (χ3v) is 5.52. The number of amides is 3. The predicted octanol–water partition coefficient (Wildman–Crippen LogP) is 3.32. The zero-order chi connectivity index (χ0) is 19.8. The van der Waals surface area contributed by atoms with E-state index in [9.17, 15) is 27.6 Å². The van der Waals surface area contributed by atoms with E-state index in [0.29, 0.717) is 12.0 Å². The number of rotatable bonds is 4. The van der Waals surface area contributed by atoms with Crippen LogP contribution in [0.15, 0.2) is 24.3 Å². The fourth-order valence-electron chi connectivity index (χ4n) is 3.91. The number of nitrogens with zero attached hydrogens (tertiary/aromatic N) is 1. The lowest BCUT2D eigenvalue weighted by molar-refractivity contribution is -0.137. The van der Waals surface area contributed by atoms with Crippen molar-refractivity contribution < 1.29 is 27.6 Å². The highest BCUT2D eigenvalue weighted by Crippen LogP contribution is 2.38. The van der Waals surface area contributed by atoms with Crippen LogP contribution in [0.4, 0.5) is 18.0 Å². The Morgan fingerprint density at radius 3 is 2.48 bits per heavy atom. The summed E-state index contributed by atoms with van der Waals surface area (Å²) >= 11 is 0. The van der Waals surface area contributed by atoms with Gasteiger partial charge in [0.1, 0.15) is 5.54 Å². The predicted molar refractivity (Wildman–Crippen MR) is 90.8 cm³/mol. The minimum atomic E-state index is -4.44. The number of hydrogen-bond donors (Lipinski definition) is 1. The molecule has 146 valence electrons. The second-order valence-corrected chi connectivity index (χ2v) is 7.35. The first-order valence-corrected chi connectivity index (χ1v) is 8.95. The molecule has 1 aliphatic carbocycles. The van der Waals surface area contributed by atoms with E-state index in [4.69, 9.17) is 0 Å². The first-order chi connectivity index (χ1) is 12.6. The van der Waals surface area contributed by atoms with Crippen molar-refractivity contribution in [2.45, 2.75) is 50.7 Å². The van der Waals surface area contributed by atoms with Gasteiger partial charge in [0.15, 0.2) is 5.78 Å². The number of urea groups is 1. The first kappa shape index (κ1) is 19.4. The van der Waals surface area contributed by atoms with Gasteiger partial charge < -0.3 is 5.32 Å². The second-order valence-electron chi connectivity index (χ2n) is 7.35. The number of nitrogens with one attached hydrogen (secondary N) is 1. The second kappa shape index (κ2) is 6.98. The van der Waals surface area contributed by atoms with Gasteiger partial charge in [-0.15, -0.1) is 0 Å². The Hall–Kier alpha value is -2.38. The number of carbonyl (C=O) groups is 3. The molecule has 2 aliphatic rings. The van der Waals surface area contributed by atoms with E-state index in [-0.39, 0.29) is 24.8 Å². The molecule has 0 bridgehead atoms. The molecule has 3 rings (SSSR count). The maximum atomic E-state index is 12.8. The zero-order valence-corrected chi connectivity index (χ0v) is 14.9. The maximum Gasteiger partial charge on any atom is 0.416 e. The largest absolute Gasteiger partial charge is 0.416 e. The fraction of sp³-hybridized carbons (Fsp3) is 0.526. The van der Waals surface area contributed by atoms with Crippen LogP contribution in [-0.2, 0) is 22.2 Å². The normalized spacial score (nSPS) is 25.8. The van der Waals surface area contributed by atoms with Gasteiger partial charge in [-0.3, -0.25) is 14.5 Å². The van der Waals surface area contributed by atoms with Crippen molar-refractivity contribution in [3.8, 4) is 0 Å². The van der Waals surface area contributed by atoms with E-state index in [0.717, 1.165) is 36.3 Å². The lowest BCUT2D eigenvalue weighted by atomic mass is 9.73. The molecule has 1 N–H and O–H groups in total. The summed E-state index contributed by atoms with van der Waals surface area (Å²) in [6, 6.07) is 3.72.